The van der Waals surface area contributed by atoms with Crippen LogP contribution in [0.1, 0.15) is 51.9 Å². The molecule has 3 saturated heterocycles. The molecule has 0 aromatic heterocycles. The maximum Gasteiger partial charge on any atom is 0.305 e. The Balaban J connectivity index is 1.73. The first kappa shape index (κ1) is 38.3. The normalized spacial score (nSPS) is 42.4. The Morgan fingerprint density at radius 3 is 1.73 bits per heavy atom. The number of carbonyl (C=O) groups excluding carboxylic acids is 1. The van der Waals surface area contributed by atoms with Crippen LogP contribution in [0.5, 0.6) is 0 Å². The van der Waals surface area contributed by atoms with Crippen LogP contribution in [0.25, 0.3) is 0 Å². The predicted octanol–water partition coefficient (Wildman–Crippen LogP) is -3.62. The Bertz CT molecular complexity index is 865. The average Bonchev–Trinajstić information content (AvgIpc) is 3.03. The molecule has 0 aromatic carbocycles. The first-order valence-electron chi connectivity index (χ1n) is 15.4. The highest BCUT2D eigenvalue weighted by atomic mass is 16.8. The van der Waals surface area contributed by atoms with Crippen LogP contribution in [0.4, 0.5) is 0 Å². The third kappa shape index (κ3) is 9.94. The van der Waals surface area contributed by atoms with E-state index in [0.717, 1.165) is 32.1 Å². The first-order chi connectivity index (χ1) is 21.4. The highest BCUT2D eigenvalue weighted by molar-refractivity contribution is 5.68. The van der Waals surface area contributed by atoms with Gasteiger partial charge in [-0.25, -0.2) is 0 Å². The molecular weight excluding hydrogens is 608 g/mol. The topological polar surface area (TPSA) is 264 Å². The van der Waals surface area contributed by atoms with Gasteiger partial charge in [0.2, 0.25) is 0 Å². The predicted molar refractivity (Wildman–Crippen MR) is 148 cm³/mol. The summed E-state index contributed by atoms with van der Waals surface area (Å²) in [7, 11) is 1.35. The molecule has 17 nitrogen and oxygen atoms in total. The number of esters is 1. The Kier molecular flexibility index (Phi) is 15.7. The summed E-state index contributed by atoms with van der Waals surface area (Å²) in [6, 6.07) is 0. The van der Waals surface area contributed by atoms with Crippen molar-refractivity contribution in [1.82, 2.24) is 0 Å². The van der Waals surface area contributed by atoms with Crippen LogP contribution in [0, 0.1) is 0 Å². The third-order valence-electron chi connectivity index (χ3n) is 8.32. The molecule has 3 heterocycles. The zero-order valence-electron chi connectivity index (χ0n) is 25.5. The van der Waals surface area contributed by atoms with Crippen molar-refractivity contribution in [2.45, 2.75) is 144 Å². The summed E-state index contributed by atoms with van der Waals surface area (Å²) in [4.78, 5) is 11.2. The number of unbranched alkanes of at least 4 members (excludes halogenated alkanes) is 5. The van der Waals surface area contributed by atoms with Gasteiger partial charge in [0.15, 0.2) is 18.9 Å². The highest BCUT2D eigenvalue weighted by Crippen LogP contribution is 2.33. The molecule has 45 heavy (non-hydrogen) atoms. The van der Waals surface area contributed by atoms with Gasteiger partial charge in [0.25, 0.3) is 0 Å². The monoisotopic (exact) mass is 658 g/mol. The van der Waals surface area contributed by atoms with E-state index in [-0.39, 0.29) is 12.6 Å². The molecule has 0 amide bonds. The summed E-state index contributed by atoms with van der Waals surface area (Å²) in [5.74, 6) is -0.251. The first-order valence-corrected chi connectivity index (χ1v) is 15.4. The van der Waals surface area contributed by atoms with E-state index in [1.54, 1.807) is 0 Å². The minimum Gasteiger partial charge on any atom is -0.469 e. The molecule has 3 aliphatic rings. The molecule has 15 atom stereocenters. The second-order valence-electron chi connectivity index (χ2n) is 11.6. The summed E-state index contributed by atoms with van der Waals surface area (Å²) < 4.78 is 39.2. The van der Waals surface area contributed by atoms with Crippen LogP contribution in [-0.4, -0.2) is 171 Å². The van der Waals surface area contributed by atoms with Gasteiger partial charge in [-0.2, -0.15) is 0 Å². The largest absolute Gasteiger partial charge is 0.469 e. The molecule has 264 valence electrons. The number of rotatable bonds is 16. The van der Waals surface area contributed by atoms with E-state index >= 15 is 0 Å². The van der Waals surface area contributed by atoms with Crippen molar-refractivity contribution in [2.24, 2.45) is 0 Å². The standard InChI is InChI=1S/C28H50O17/c1-13-17(32)20(35)22(37)26(41-13)45-25-24(44-27-23(38)21(36)18(33)14(11-29)42-27)19(34)15(12-30)43-28(25)40-10-8-6-4-3-5-7-9-16(31)39-2/h13-15,17-30,32-38H,3-12H2,1-2H3/t13-,14+,15+,17+,18-,19+,20+,21-,22-,23+,24-,25+,26-,27+,28+/m0/s1. The number of aliphatic hydroxyl groups excluding tert-OH is 9. The maximum absolute atomic E-state index is 11.2. The highest BCUT2D eigenvalue weighted by Gasteiger charge is 2.54. The zero-order chi connectivity index (χ0) is 33.3. The summed E-state index contributed by atoms with van der Waals surface area (Å²) in [5, 5.41) is 92.6. The molecule has 0 aromatic rings. The number of ether oxygens (including phenoxy) is 7. The van der Waals surface area contributed by atoms with Gasteiger partial charge in [-0.1, -0.05) is 25.7 Å². The fourth-order valence-electron chi connectivity index (χ4n) is 5.47. The van der Waals surface area contributed by atoms with Crippen molar-refractivity contribution >= 4 is 5.97 Å². The van der Waals surface area contributed by atoms with E-state index in [2.05, 4.69) is 4.74 Å². The lowest BCUT2D eigenvalue weighted by molar-refractivity contribution is -0.390. The SMILES string of the molecule is COC(=O)CCCCCCCCO[C@@H]1O[C@H](CO)[C@@H](O)[C@H](O[C@H]2O[C@H](CO)[C@H](O)[C@H](O)[C@H]2O)[C@H]1O[C@@H]1O[C@@H](C)[C@@H](O)[C@@H](O)[C@@H]1O. The smallest absolute Gasteiger partial charge is 0.305 e. The summed E-state index contributed by atoms with van der Waals surface area (Å²) in [6.45, 7) is 0.130. The van der Waals surface area contributed by atoms with E-state index in [9.17, 15) is 50.8 Å². The maximum atomic E-state index is 11.2. The van der Waals surface area contributed by atoms with E-state index < -0.39 is 105 Å². The summed E-state index contributed by atoms with van der Waals surface area (Å²) >= 11 is 0. The van der Waals surface area contributed by atoms with Crippen molar-refractivity contribution in [3.05, 3.63) is 0 Å². The van der Waals surface area contributed by atoms with E-state index in [0.29, 0.717) is 12.8 Å². The van der Waals surface area contributed by atoms with Crippen LogP contribution < -0.4 is 0 Å². The van der Waals surface area contributed by atoms with Gasteiger partial charge in [-0.05, 0) is 19.8 Å². The molecule has 0 saturated carbocycles. The van der Waals surface area contributed by atoms with Crippen LogP contribution in [0.2, 0.25) is 0 Å². The van der Waals surface area contributed by atoms with Crippen molar-refractivity contribution in [2.75, 3.05) is 26.9 Å². The van der Waals surface area contributed by atoms with E-state index in [1.807, 2.05) is 0 Å². The van der Waals surface area contributed by atoms with Crippen molar-refractivity contribution in [1.29, 1.82) is 0 Å². The zero-order valence-corrected chi connectivity index (χ0v) is 25.5. The lowest BCUT2D eigenvalue weighted by Crippen LogP contribution is -2.67. The lowest BCUT2D eigenvalue weighted by atomic mass is 9.96. The van der Waals surface area contributed by atoms with Gasteiger partial charge in [-0.3, -0.25) is 4.79 Å². The minimum absolute atomic E-state index is 0.125. The van der Waals surface area contributed by atoms with Gasteiger partial charge in [0, 0.05) is 13.0 Å². The number of aliphatic hydroxyl groups is 9. The molecule has 0 spiro atoms. The minimum atomic E-state index is -1.84. The average molecular weight is 659 g/mol. The van der Waals surface area contributed by atoms with Crippen molar-refractivity contribution in [3.8, 4) is 0 Å². The molecule has 0 aliphatic carbocycles. The molecule has 0 radical (unpaired) electrons. The number of hydrogen-bond donors (Lipinski definition) is 9. The van der Waals surface area contributed by atoms with Crippen LogP contribution >= 0.6 is 0 Å². The van der Waals surface area contributed by atoms with Crippen LogP contribution in [0.3, 0.4) is 0 Å². The van der Waals surface area contributed by atoms with Crippen molar-refractivity contribution in [3.63, 3.8) is 0 Å². The fourth-order valence-corrected chi connectivity index (χ4v) is 5.47. The second-order valence-corrected chi connectivity index (χ2v) is 11.6. The molecule has 0 unspecified atom stereocenters. The quantitative estimate of drug-likeness (QED) is 0.0572. The molecule has 17 heteroatoms. The molecule has 9 N–H and O–H groups in total. The van der Waals surface area contributed by atoms with Gasteiger partial charge in [0.1, 0.15) is 67.1 Å². The fraction of sp³-hybridized carbons (Fsp3) is 0.964. The molecule has 3 fully saturated rings. The van der Waals surface area contributed by atoms with Crippen molar-refractivity contribution < 1.29 is 83.9 Å². The third-order valence-corrected chi connectivity index (χ3v) is 8.32. The van der Waals surface area contributed by atoms with E-state index in [1.165, 1.54) is 14.0 Å². The van der Waals surface area contributed by atoms with Gasteiger partial charge >= 0.3 is 5.97 Å². The second kappa shape index (κ2) is 18.4. The number of hydrogen-bond acceptors (Lipinski definition) is 17. The Hall–Kier alpha value is -1.13. The Morgan fingerprint density at radius 2 is 1.11 bits per heavy atom. The molecule has 3 aliphatic heterocycles. The van der Waals surface area contributed by atoms with Crippen LogP contribution in [0.15, 0.2) is 0 Å². The summed E-state index contributed by atoms with van der Waals surface area (Å²) in [6.07, 6.45) is -18.1. The molecule has 3 rings (SSSR count). The Morgan fingerprint density at radius 1 is 0.600 bits per heavy atom. The number of carbonyl (C=O) groups is 1. The van der Waals surface area contributed by atoms with Crippen LogP contribution in [-0.2, 0) is 38.0 Å². The van der Waals surface area contributed by atoms with Gasteiger partial charge in [-0.15, -0.1) is 0 Å². The lowest BCUT2D eigenvalue weighted by Gasteiger charge is -2.48. The number of methoxy groups -OCH3 is 1. The molecule has 0 bridgehead atoms. The van der Waals surface area contributed by atoms with E-state index in [4.69, 9.17) is 28.4 Å². The van der Waals surface area contributed by atoms with Gasteiger partial charge in [0.05, 0.1) is 26.4 Å². The molecular formula is C28H50O17. The Labute approximate surface area is 261 Å². The van der Waals surface area contributed by atoms with Gasteiger partial charge < -0.3 is 79.1 Å². The summed E-state index contributed by atoms with van der Waals surface area (Å²) in [5.41, 5.74) is 0.